The number of hydrogen-bond acceptors (Lipinski definition) is 6. The van der Waals surface area contributed by atoms with Crippen molar-refractivity contribution in [3.8, 4) is 0 Å². The Kier molecular flexibility index (Phi) is 9.79. The van der Waals surface area contributed by atoms with E-state index in [1.807, 2.05) is 0 Å². The third-order valence-corrected chi connectivity index (χ3v) is 6.05. The molecule has 10 nitrogen and oxygen atoms in total. The highest BCUT2D eigenvalue weighted by molar-refractivity contribution is 7.91. The second-order valence-electron chi connectivity index (χ2n) is 6.13. The van der Waals surface area contributed by atoms with Crippen LogP contribution >= 0.6 is 23.2 Å². The number of anilines is 2. The average molecular weight is 515 g/mol. The summed E-state index contributed by atoms with van der Waals surface area (Å²) in [6.07, 6.45) is -1.73. The SMILES string of the molecule is CCC(=O)Nc1ccc([S+]([O-])c2ccc(Cl)c(Cl)c2)cc1NC(=NC(=O)OC)NC(=O)OC. The van der Waals surface area contributed by atoms with Gasteiger partial charge in [0.15, 0.2) is 9.79 Å². The van der Waals surface area contributed by atoms with Gasteiger partial charge in [-0.1, -0.05) is 30.1 Å². The van der Waals surface area contributed by atoms with Crippen molar-refractivity contribution >= 4 is 69.8 Å². The van der Waals surface area contributed by atoms with E-state index in [9.17, 15) is 18.9 Å². The molecular formula is C20H20Cl2N4O6S. The number of halogens is 2. The minimum Gasteiger partial charge on any atom is -0.606 e. The summed E-state index contributed by atoms with van der Waals surface area (Å²) in [5.41, 5.74) is 0.461. The van der Waals surface area contributed by atoms with Gasteiger partial charge in [-0.15, -0.1) is 4.99 Å². The maximum atomic E-state index is 13.1. The highest BCUT2D eigenvalue weighted by atomic mass is 35.5. The van der Waals surface area contributed by atoms with Crippen LogP contribution in [0.4, 0.5) is 21.0 Å². The number of guanidine groups is 1. The van der Waals surface area contributed by atoms with Crippen LogP contribution in [-0.4, -0.2) is 42.8 Å². The predicted octanol–water partition coefficient (Wildman–Crippen LogP) is 4.40. The van der Waals surface area contributed by atoms with Crippen LogP contribution in [0.1, 0.15) is 13.3 Å². The predicted molar refractivity (Wildman–Crippen MR) is 126 cm³/mol. The number of carbonyl (C=O) groups excluding carboxylic acids is 3. The number of ether oxygens (including phenoxy) is 2. The van der Waals surface area contributed by atoms with Crippen molar-refractivity contribution < 1.29 is 28.4 Å². The summed E-state index contributed by atoms with van der Waals surface area (Å²) in [7, 11) is 2.23. The Balaban J connectivity index is 2.49. The number of nitrogens with zero attached hydrogens (tertiary/aromatic N) is 1. The van der Waals surface area contributed by atoms with Crippen molar-refractivity contribution in [3.05, 3.63) is 46.4 Å². The molecule has 2 rings (SSSR count). The molecule has 0 aliphatic heterocycles. The third-order valence-electron chi connectivity index (χ3n) is 3.94. The molecule has 0 aliphatic carbocycles. The Morgan fingerprint density at radius 2 is 1.64 bits per heavy atom. The van der Waals surface area contributed by atoms with Crippen LogP contribution in [0.15, 0.2) is 51.2 Å². The van der Waals surface area contributed by atoms with Crippen molar-refractivity contribution in [2.45, 2.75) is 23.1 Å². The molecule has 0 heterocycles. The Labute approximate surface area is 202 Å². The highest BCUT2D eigenvalue weighted by Gasteiger charge is 2.20. The first-order chi connectivity index (χ1) is 15.7. The van der Waals surface area contributed by atoms with Crippen LogP contribution in [0, 0.1) is 0 Å². The Hall–Kier alpha value is -2.99. The zero-order chi connectivity index (χ0) is 24.5. The normalized spacial score (nSPS) is 11.9. The molecule has 1 unspecified atom stereocenters. The molecule has 0 fully saturated rings. The van der Waals surface area contributed by atoms with E-state index in [4.69, 9.17) is 23.2 Å². The van der Waals surface area contributed by atoms with E-state index in [0.29, 0.717) is 14.8 Å². The standard InChI is InChI=1S/C20H20Cl2N4O6S/c1-4-17(27)23-15-8-6-12(33(30)11-5-7-13(21)14(22)9-11)10-16(15)24-18(25-19(28)31-2)26-20(29)32-3/h5-10H,4H2,1-3H3,(H,23,27)(H2,24,25,26,28,29). The van der Waals surface area contributed by atoms with Gasteiger partial charge in [0.25, 0.3) is 0 Å². The van der Waals surface area contributed by atoms with Crippen LogP contribution < -0.4 is 16.0 Å². The second kappa shape index (κ2) is 12.3. The molecule has 13 heteroatoms. The summed E-state index contributed by atoms with van der Waals surface area (Å²) in [4.78, 5) is 39.5. The number of nitrogens with one attached hydrogen (secondary N) is 3. The van der Waals surface area contributed by atoms with E-state index in [-0.39, 0.29) is 34.7 Å². The van der Waals surface area contributed by atoms with E-state index in [1.54, 1.807) is 19.1 Å². The molecule has 2 aromatic rings. The fraction of sp³-hybridized carbons (Fsp3) is 0.200. The van der Waals surface area contributed by atoms with Crippen molar-refractivity contribution in [1.29, 1.82) is 0 Å². The number of benzene rings is 2. The summed E-state index contributed by atoms with van der Waals surface area (Å²) in [6, 6.07) is 9.06. The molecule has 0 saturated heterocycles. The van der Waals surface area contributed by atoms with Gasteiger partial charge >= 0.3 is 12.2 Å². The topological polar surface area (TPSA) is 141 Å². The van der Waals surface area contributed by atoms with Crippen LogP contribution in [0.3, 0.4) is 0 Å². The summed E-state index contributed by atoms with van der Waals surface area (Å²) in [6.45, 7) is 1.67. The molecule has 33 heavy (non-hydrogen) atoms. The number of carbonyl (C=O) groups is 3. The number of amides is 3. The second-order valence-corrected chi connectivity index (χ2v) is 8.42. The highest BCUT2D eigenvalue weighted by Crippen LogP contribution is 2.32. The van der Waals surface area contributed by atoms with E-state index in [0.717, 1.165) is 14.2 Å². The van der Waals surface area contributed by atoms with Gasteiger partial charge in [0.2, 0.25) is 11.9 Å². The van der Waals surface area contributed by atoms with Crippen molar-refractivity contribution in [1.82, 2.24) is 5.32 Å². The van der Waals surface area contributed by atoms with E-state index in [1.165, 1.54) is 24.3 Å². The number of methoxy groups -OCH3 is 2. The van der Waals surface area contributed by atoms with Gasteiger partial charge in [-0.3, -0.25) is 10.1 Å². The van der Waals surface area contributed by atoms with Crippen LogP contribution in [0.5, 0.6) is 0 Å². The van der Waals surface area contributed by atoms with Gasteiger partial charge in [-0.05, 0) is 24.3 Å². The molecular weight excluding hydrogens is 495 g/mol. The summed E-state index contributed by atoms with van der Waals surface area (Å²) in [5.74, 6) is -0.651. The fourth-order valence-corrected chi connectivity index (χ4v) is 3.79. The zero-order valence-corrected chi connectivity index (χ0v) is 20.1. The average Bonchev–Trinajstić information content (AvgIpc) is 2.80. The summed E-state index contributed by atoms with van der Waals surface area (Å²) in [5, 5.41) is 8.16. The summed E-state index contributed by atoms with van der Waals surface area (Å²) >= 11 is 10.3. The van der Waals surface area contributed by atoms with Crippen LogP contribution in [0.25, 0.3) is 0 Å². The Morgan fingerprint density at radius 3 is 2.24 bits per heavy atom. The quantitative estimate of drug-likeness (QED) is 0.305. The zero-order valence-electron chi connectivity index (χ0n) is 17.7. The Bertz CT molecular complexity index is 1080. The monoisotopic (exact) mass is 514 g/mol. The van der Waals surface area contributed by atoms with E-state index >= 15 is 0 Å². The molecule has 3 N–H and O–H groups in total. The first-order valence-corrected chi connectivity index (χ1v) is 11.2. The lowest BCUT2D eigenvalue weighted by Gasteiger charge is -2.17. The molecule has 0 saturated carbocycles. The van der Waals surface area contributed by atoms with Crippen LogP contribution in [0.2, 0.25) is 10.0 Å². The lowest BCUT2D eigenvalue weighted by atomic mass is 10.2. The molecule has 3 amide bonds. The number of rotatable bonds is 5. The fourth-order valence-electron chi connectivity index (χ4n) is 2.32. The maximum Gasteiger partial charge on any atom is 0.436 e. The first-order valence-electron chi connectivity index (χ1n) is 9.27. The number of alkyl carbamates (subject to hydrolysis) is 1. The molecule has 1 atom stereocenters. The molecule has 2 aromatic carbocycles. The molecule has 0 radical (unpaired) electrons. The Morgan fingerprint density at radius 1 is 0.970 bits per heavy atom. The van der Waals surface area contributed by atoms with Gasteiger partial charge in [0.1, 0.15) is 0 Å². The van der Waals surface area contributed by atoms with Gasteiger partial charge < -0.3 is 24.7 Å². The number of aliphatic imine (C=N–C) groups is 1. The lowest BCUT2D eigenvalue weighted by molar-refractivity contribution is -0.115. The summed E-state index contributed by atoms with van der Waals surface area (Å²) < 4.78 is 22.1. The maximum absolute atomic E-state index is 13.1. The van der Waals surface area contributed by atoms with E-state index < -0.39 is 23.4 Å². The van der Waals surface area contributed by atoms with Gasteiger partial charge in [-0.2, -0.15) is 0 Å². The van der Waals surface area contributed by atoms with Crippen molar-refractivity contribution in [3.63, 3.8) is 0 Å². The smallest absolute Gasteiger partial charge is 0.436 e. The number of hydrogen-bond donors (Lipinski definition) is 3. The van der Waals surface area contributed by atoms with Crippen molar-refractivity contribution in [2.75, 3.05) is 24.9 Å². The van der Waals surface area contributed by atoms with Gasteiger partial charge in [0, 0.05) is 29.7 Å². The molecule has 0 aromatic heterocycles. The first kappa shape index (κ1) is 26.3. The molecule has 0 bridgehead atoms. The molecule has 0 aliphatic rings. The minimum absolute atomic E-state index is 0.182. The lowest BCUT2D eigenvalue weighted by Crippen LogP contribution is -2.36. The van der Waals surface area contributed by atoms with Gasteiger partial charge in [-0.25, -0.2) is 9.59 Å². The van der Waals surface area contributed by atoms with Gasteiger partial charge in [0.05, 0.1) is 35.6 Å². The van der Waals surface area contributed by atoms with Crippen molar-refractivity contribution in [2.24, 2.45) is 4.99 Å². The largest absolute Gasteiger partial charge is 0.606 e. The van der Waals surface area contributed by atoms with Crippen LogP contribution in [-0.2, 0) is 25.4 Å². The molecule has 176 valence electrons. The minimum atomic E-state index is -1.68. The molecule has 0 spiro atoms. The third kappa shape index (κ3) is 7.53. The van der Waals surface area contributed by atoms with E-state index in [2.05, 4.69) is 30.4 Å².